The molecule has 0 N–H and O–H groups in total. The summed E-state index contributed by atoms with van der Waals surface area (Å²) in [5.41, 5.74) is 12.4. The van der Waals surface area contributed by atoms with E-state index in [9.17, 15) is 10.5 Å². The van der Waals surface area contributed by atoms with E-state index in [-0.39, 0.29) is 0 Å². The van der Waals surface area contributed by atoms with Gasteiger partial charge in [-0.2, -0.15) is 10.5 Å². The van der Waals surface area contributed by atoms with E-state index in [4.69, 9.17) is 0 Å². The summed E-state index contributed by atoms with van der Waals surface area (Å²) in [4.78, 5) is 0. The third kappa shape index (κ3) is 4.68. The molecule has 254 valence electrons. The predicted molar refractivity (Wildman–Crippen MR) is 228 cm³/mol. The van der Waals surface area contributed by atoms with Crippen LogP contribution in [-0.4, -0.2) is 9.13 Å². The number of nitriles is 2. The molecule has 11 rings (SSSR count). The minimum atomic E-state index is 0.653. The maximum atomic E-state index is 9.86. The van der Waals surface area contributed by atoms with Crippen LogP contribution in [0.25, 0.3) is 97.4 Å². The highest BCUT2D eigenvalue weighted by molar-refractivity contribution is 7.26. The fourth-order valence-corrected chi connectivity index (χ4v) is 9.79. The van der Waals surface area contributed by atoms with Gasteiger partial charge in [-0.25, -0.2) is 0 Å². The first-order valence-corrected chi connectivity index (χ1v) is 19.0. The average Bonchev–Trinajstić information content (AvgIpc) is 3.91. The quantitative estimate of drug-likeness (QED) is 0.182. The summed E-state index contributed by atoms with van der Waals surface area (Å²) in [5.74, 6) is 0. The van der Waals surface area contributed by atoms with Gasteiger partial charge in [0.25, 0.3) is 0 Å². The summed E-state index contributed by atoms with van der Waals surface area (Å²) in [5, 5.41) is 26.4. The van der Waals surface area contributed by atoms with Crippen LogP contribution in [-0.2, 0) is 0 Å². The molecule has 3 heterocycles. The minimum Gasteiger partial charge on any atom is -0.309 e. The second kappa shape index (κ2) is 12.0. The number of hydrogen-bond acceptors (Lipinski definition) is 3. The maximum Gasteiger partial charge on any atom is 0.0991 e. The zero-order valence-electron chi connectivity index (χ0n) is 29.4. The average molecular weight is 717 g/mol. The third-order valence-electron chi connectivity index (χ3n) is 11.0. The summed E-state index contributed by atoms with van der Waals surface area (Å²) < 4.78 is 7.19. The fourth-order valence-electron chi connectivity index (χ4n) is 8.55. The summed E-state index contributed by atoms with van der Waals surface area (Å²) in [6, 6.07) is 64.4. The Bertz CT molecular complexity index is 3470. The molecule has 0 amide bonds. The molecule has 0 bridgehead atoms. The van der Waals surface area contributed by atoms with E-state index in [0.717, 1.165) is 77.2 Å². The number of nitrogens with zero attached hydrogens (tertiary/aromatic N) is 4. The highest BCUT2D eigenvalue weighted by atomic mass is 32.1. The Morgan fingerprint density at radius 1 is 0.400 bits per heavy atom. The minimum absolute atomic E-state index is 0.653. The molecule has 0 aliphatic heterocycles. The molecule has 0 saturated carbocycles. The van der Waals surface area contributed by atoms with Crippen LogP contribution in [0.4, 0.5) is 0 Å². The van der Waals surface area contributed by atoms with Crippen molar-refractivity contribution < 1.29 is 0 Å². The molecule has 55 heavy (non-hydrogen) atoms. The van der Waals surface area contributed by atoms with Crippen molar-refractivity contribution in [2.45, 2.75) is 0 Å². The Hall–Kier alpha value is -7.44. The van der Waals surface area contributed by atoms with Gasteiger partial charge in [0.2, 0.25) is 0 Å². The maximum absolute atomic E-state index is 9.86. The summed E-state index contributed by atoms with van der Waals surface area (Å²) in [6.45, 7) is 0. The standard InChI is InChI=1S/C50H28N4S/c51-29-31-19-23-46-43(25-31)39-15-3-5-17-45(39)53(46)35-11-7-9-33(27-35)37-13-1-2-14-38(37)34-10-8-12-36(28-34)54-47-24-20-32(30-52)26-44(47)41-21-22-42-40-16-4-6-18-48(40)55-50(42)49(41)54/h1-28H. The molecule has 0 saturated heterocycles. The van der Waals surface area contributed by atoms with Gasteiger partial charge in [0.15, 0.2) is 0 Å². The molecule has 5 heteroatoms. The second-order valence-electron chi connectivity index (χ2n) is 14.0. The Morgan fingerprint density at radius 2 is 0.945 bits per heavy atom. The second-order valence-corrected chi connectivity index (χ2v) is 15.0. The van der Waals surface area contributed by atoms with E-state index >= 15 is 0 Å². The van der Waals surface area contributed by atoms with E-state index in [0.29, 0.717) is 11.1 Å². The Morgan fingerprint density at radius 3 is 1.64 bits per heavy atom. The first-order valence-electron chi connectivity index (χ1n) is 18.2. The zero-order chi connectivity index (χ0) is 36.6. The SMILES string of the molecule is N#Cc1ccc2c(c1)c1ccccc1n2-c1cccc(-c2ccccc2-c2cccc(-n3c4ccc(C#N)cc4c4ccc5c6ccccc6sc5c43)c2)c1. The molecular formula is C50H28N4S. The van der Waals surface area contributed by atoms with Gasteiger partial charge in [-0.05, 0) is 95.1 Å². The number of rotatable bonds is 4. The van der Waals surface area contributed by atoms with Crippen LogP contribution in [0.2, 0.25) is 0 Å². The molecule has 0 spiro atoms. The van der Waals surface area contributed by atoms with Crippen LogP contribution < -0.4 is 0 Å². The van der Waals surface area contributed by atoms with Gasteiger partial charge in [-0.15, -0.1) is 11.3 Å². The molecule has 0 atom stereocenters. The van der Waals surface area contributed by atoms with E-state index in [1.165, 1.54) is 20.2 Å². The van der Waals surface area contributed by atoms with Gasteiger partial charge in [0, 0.05) is 48.4 Å². The largest absolute Gasteiger partial charge is 0.309 e. The first-order chi connectivity index (χ1) is 27.2. The normalized spacial score (nSPS) is 11.6. The van der Waals surface area contributed by atoms with Crippen molar-refractivity contribution >= 4 is 75.1 Å². The zero-order valence-corrected chi connectivity index (χ0v) is 30.2. The number of aromatic nitrogens is 2. The number of benzene rings is 8. The van der Waals surface area contributed by atoms with E-state index in [1.807, 2.05) is 35.6 Å². The summed E-state index contributed by atoms with van der Waals surface area (Å²) >= 11 is 1.83. The lowest BCUT2D eigenvalue weighted by atomic mass is 9.94. The lowest BCUT2D eigenvalue weighted by molar-refractivity contribution is 1.18. The van der Waals surface area contributed by atoms with Gasteiger partial charge >= 0.3 is 0 Å². The van der Waals surface area contributed by atoms with Gasteiger partial charge < -0.3 is 9.13 Å². The molecule has 0 unspecified atom stereocenters. The highest BCUT2D eigenvalue weighted by Gasteiger charge is 2.20. The summed E-state index contributed by atoms with van der Waals surface area (Å²) in [6.07, 6.45) is 0. The molecule has 0 fully saturated rings. The number of fused-ring (bicyclic) bond motifs is 10. The Kier molecular flexibility index (Phi) is 6.82. The lowest BCUT2D eigenvalue weighted by Crippen LogP contribution is -1.96. The monoisotopic (exact) mass is 716 g/mol. The summed E-state index contributed by atoms with van der Waals surface area (Å²) in [7, 11) is 0. The molecule has 0 aliphatic rings. The van der Waals surface area contributed by atoms with Crippen molar-refractivity contribution in [1.82, 2.24) is 9.13 Å². The number of thiophene rings is 1. The van der Waals surface area contributed by atoms with Crippen LogP contribution in [0, 0.1) is 22.7 Å². The van der Waals surface area contributed by atoms with Crippen LogP contribution in [0.5, 0.6) is 0 Å². The van der Waals surface area contributed by atoms with Gasteiger partial charge in [0.1, 0.15) is 0 Å². The smallest absolute Gasteiger partial charge is 0.0991 e. The van der Waals surface area contributed by atoms with Crippen molar-refractivity contribution in [3.8, 4) is 45.8 Å². The molecule has 11 aromatic rings. The van der Waals surface area contributed by atoms with Gasteiger partial charge in [0.05, 0.1) is 50.0 Å². The first kappa shape index (κ1) is 31.1. The third-order valence-corrected chi connectivity index (χ3v) is 12.2. The molecular weight excluding hydrogens is 689 g/mol. The van der Waals surface area contributed by atoms with Crippen molar-refractivity contribution in [3.63, 3.8) is 0 Å². The highest BCUT2D eigenvalue weighted by Crippen LogP contribution is 2.44. The Labute approximate surface area is 320 Å². The topological polar surface area (TPSA) is 57.4 Å². The van der Waals surface area contributed by atoms with E-state index in [1.54, 1.807) is 0 Å². The lowest BCUT2D eigenvalue weighted by Gasteiger charge is -2.15. The van der Waals surface area contributed by atoms with E-state index in [2.05, 4.69) is 167 Å². The molecule has 0 aliphatic carbocycles. The predicted octanol–water partition coefficient (Wildman–Crippen LogP) is 13.3. The van der Waals surface area contributed by atoms with Crippen LogP contribution >= 0.6 is 11.3 Å². The Balaban J connectivity index is 1.10. The van der Waals surface area contributed by atoms with Gasteiger partial charge in [-0.1, -0.05) is 97.1 Å². The van der Waals surface area contributed by atoms with Crippen molar-refractivity contribution in [2.24, 2.45) is 0 Å². The number of para-hydroxylation sites is 1. The molecule has 3 aromatic heterocycles. The van der Waals surface area contributed by atoms with E-state index < -0.39 is 0 Å². The van der Waals surface area contributed by atoms with Crippen LogP contribution in [0.15, 0.2) is 170 Å². The van der Waals surface area contributed by atoms with Crippen molar-refractivity contribution in [2.75, 3.05) is 0 Å². The molecule has 0 radical (unpaired) electrons. The van der Waals surface area contributed by atoms with Crippen molar-refractivity contribution in [1.29, 1.82) is 10.5 Å². The van der Waals surface area contributed by atoms with Gasteiger partial charge in [-0.3, -0.25) is 0 Å². The molecule has 8 aromatic carbocycles. The van der Waals surface area contributed by atoms with Crippen molar-refractivity contribution in [3.05, 3.63) is 181 Å². The molecule has 4 nitrogen and oxygen atoms in total. The van der Waals surface area contributed by atoms with Crippen LogP contribution in [0.3, 0.4) is 0 Å². The van der Waals surface area contributed by atoms with Crippen LogP contribution in [0.1, 0.15) is 11.1 Å². The fraction of sp³-hybridized carbons (Fsp3) is 0. The number of hydrogen-bond donors (Lipinski definition) is 0.